The van der Waals surface area contributed by atoms with E-state index in [0.717, 1.165) is 31.2 Å². The molecular weight excluding hydrogens is 236 g/mol. The third kappa shape index (κ3) is 2.68. The van der Waals surface area contributed by atoms with Crippen molar-refractivity contribution >= 4 is 0 Å². The third-order valence-corrected chi connectivity index (χ3v) is 3.82. The highest BCUT2D eigenvalue weighted by molar-refractivity contribution is 5.19. The molecule has 0 radical (unpaired) electrons. The van der Waals surface area contributed by atoms with E-state index in [2.05, 4.69) is 51.3 Å². The van der Waals surface area contributed by atoms with Gasteiger partial charge in [0.2, 0.25) is 0 Å². The Morgan fingerprint density at radius 2 is 1.89 bits per heavy atom. The summed E-state index contributed by atoms with van der Waals surface area (Å²) in [5.41, 5.74) is 1.30. The van der Waals surface area contributed by atoms with Gasteiger partial charge in [0, 0.05) is 12.5 Å². The molecule has 0 amide bonds. The molecule has 1 fully saturated rings. The second kappa shape index (κ2) is 5.53. The van der Waals surface area contributed by atoms with Gasteiger partial charge in [0.15, 0.2) is 0 Å². The number of nitrogens with one attached hydrogen (secondary N) is 1. The highest BCUT2D eigenvalue weighted by Crippen LogP contribution is 2.22. The number of rotatable bonds is 3. The van der Waals surface area contributed by atoms with Crippen LogP contribution in [0.4, 0.5) is 0 Å². The molecule has 2 heterocycles. The van der Waals surface area contributed by atoms with E-state index < -0.39 is 0 Å². The number of nitrogens with zero attached hydrogens (tertiary/aromatic N) is 3. The van der Waals surface area contributed by atoms with Crippen LogP contribution in [0, 0.1) is 6.92 Å². The third-order valence-electron chi connectivity index (χ3n) is 3.82. The topological polar surface area (TPSA) is 42.7 Å². The number of benzene rings is 1. The highest BCUT2D eigenvalue weighted by atomic mass is 15.3. The monoisotopic (exact) mass is 256 g/mol. The Labute approximate surface area is 113 Å². The van der Waals surface area contributed by atoms with Crippen LogP contribution >= 0.6 is 0 Å². The van der Waals surface area contributed by atoms with Gasteiger partial charge in [-0.05, 0) is 38.4 Å². The predicted molar refractivity (Wildman–Crippen MR) is 75.1 cm³/mol. The lowest BCUT2D eigenvalue weighted by Crippen LogP contribution is -2.30. The van der Waals surface area contributed by atoms with Crippen LogP contribution in [0.25, 0.3) is 0 Å². The quantitative estimate of drug-likeness (QED) is 0.914. The van der Waals surface area contributed by atoms with E-state index in [9.17, 15) is 0 Å². The van der Waals surface area contributed by atoms with Crippen molar-refractivity contribution in [3.05, 3.63) is 47.5 Å². The molecule has 1 N–H and O–H groups in total. The Bertz CT molecular complexity index is 526. The van der Waals surface area contributed by atoms with Crippen LogP contribution in [0.2, 0.25) is 0 Å². The lowest BCUT2D eigenvalue weighted by Gasteiger charge is -2.26. The zero-order chi connectivity index (χ0) is 13.1. The summed E-state index contributed by atoms with van der Waals surface area (Å²) in [6, 6.07) is 11.1. The zero-order valence-electron chi connectivity index (χ0n) is 11.3. The van der Waals surface area contributed by atoms with Crippen molar-refractivity contribution in [2.75, 3.05) is 13.1 Å². The van der Waals surface area contributed by atoms with Crippen LogP contribution in [-0.2, 0) is 6.42 Å². The first kappa shape index (κ1) is 12.4. The van der Waals surface area contributed by atoms with E-state index in [1.807, 2.05) is 6.07 Å². The molecule has 0 atom stereocenters. The molecule has 4 heteroatoms. The fraction of sp³-hybridized carbons (Fsp3) is 0.467. The van der Waals surface area contributed by atoms with Crippen LogP contribution in [0.1, 0.15) is 36.1 Å². The van der Waals surface area contributed by atoms with Crippen LogP contribution in [0.15, 0.2) is 30.3 Å². The molecule has 0 aliphatic carbocycles. The number of aryl methyl sites for hydroxylation is 1. The molecule has 1 saturated heterocycles. The molecule has 0 unspecified atom stereocenters. The smallest absolute Gasteiger partial charge is 0.137 e. The fourth-order valence-electron chi connectivity index (χ4n) is 2.85. The largest absolute Gasteiger partial charge is 0.317 e. The lowest BCUT2D eigenvalue weighted by atomic mass is 10.1. The van der Waals surface area contributed by atoms with Gasteiger partial charge in [-0.15, -0.1) is 10.2 Å². The molecule has 1 aliphatic rings. The van der Waals surface area contributed by atoms with Gasteiger partial charge in [0.05, 0.1) is 0 Å². The summed E-state index contributed by atoms with van der Waals surface area (Å²) < 4.78 is 2.34. The second-order valence-corrected chi connectivity index (χ2v) is 5.18. The minimum absolute atomic E-state index is 0.551. The molecular formula is C15H20N4. The molecule has 2 aromatic rings. The van der Waals surface area contributed by atoms with Crippen LogP contribution in [0.3, 0.4) is 0 Å². The molecule has 0 saturated carbocycles. The van der Waals surface area contributed by atoms with E-state index >= 15 is 0 Å². The van der Waals surface area contributed by atoms with Crippen molar-refractivity contribution in [3.8, 4) is 0 Å². The Morgan fingerprint density at radius 3 is 2.63 bits per heavy atom. The minimum Gasteiger partial charge on any atom is -0.317 e. The molecule has 0 spiro atoms. The van der Waals surface area contributed by atoms with E-state index in [1.54, 1.807) is 0 Å². The van der Waals surface area contributed by atoms with Crippen LogP contribution in [0.5, 0.6) is 0 Å². The summed E-state index contributed by atoms with van der Waals surface area (Å²) in [5, 5.41) is 12.1. The van der Waals surface area contributed by atoms with Gasteiger partial charge in [0.1, 0.15) is 11.6 Å². The summed E-state index contributed by atoms with van der Waals surface area (Å²) in [4.78, 5) is 0. The lowest BCUT2D eigenvalue weighted by molar-refractivity contribution is 0.356. The Kier molecular flexibility index (Phi) is 3.60. The van der Waals surface area contributed by atoms with Gasteiger partial charge in [-0.2, -0.15) is 0 Å². The number of aromatic nitrogens is 3. The molecule has 1 aromatic carbocycles. The number of hydrogen-bond acceptors (Lipinski definition) is 3. The first-order valence-electron chi connectivity index (χ1n) is 6.99. The molecule has 100 valence electrons. The average Bonchev–Trinajstić information content (AvgIpc) is 2.82. The van der Waals surface area contributed by atoms with E-state index in [1.165, 1.54) is 18.4 Å². The normalized spacial score (nSPS) is 16.7. The standard InChI is InChI=1S/C15H20N4/c1-12-17-18-15(11-13-5-3-2-4-6-13)19(12)14-7-9-16-10-8-14/h2-6,14,16H,7-11H2,1H3. The van der Waals surface area contributed by atoms with Gasteiger partial charge in [-0.1, -0.05) is 30.3 Å². The van der Waals surface area contributed by atoms with Crippen molar-refractivity contribution in [2.45, 2.75) is 32.2 Å². The average molecular weight is 256 g/mol. The molecule has 3 rings (SSSR count). The van der Waals surface area contributed by atoms with E-state index in [-0.39, 0.29) is 0 Å². The first-order chi connectivity index (χ1) is 9.34. The number of piperidine rings is 1. The second-order valence-electron chi connectivity index (χ2n) is 5.18. The number of hydrogen-bond donors (Lipinski definition) is 1. The Balaban J connectivity index is 1.85. The predicted octanol–water partition coefficient (Wildman–Crippen LogP) is 2.10. The first-order valence-corrected chi connectivity index (χ1v) is 6.99. The van der Waals surface area contributed by atoms with Gasteiger partial charge in [-0.3, -0.25) is 0 Å². The zero-order valence-corrected chi connectivity index (χ0v) is 11.3. The minimum atomic E-state index is 0.551. The summed E-state index contributed by atoms with van der Waals surface area (Å²) in [6.07, 6.45) is 3.20. The van der Waals surface area contributed by atoms with Gasteiger partial charge in [0.25, 0.3) is 0 Å². The summed E-state index contributed by atoms with van der Waals surface area (Å²) in [5.74, 6) is 2.13. The van der Waals surface area contributed by atoms with E-state index in [4.69, 9.17) is 0 Å². The Morgan fingerprint density at radius 1 is 1.16 bits per heavy atom. The van der Waals surface area contributed by atoms with Gasteiger partial charge >= 0.3 is 0 Å². The van der Waals surface area contributed by atoms with Gasteiger partial charge in [-0.25, -0.2) is 0 Å². The highest BCUT2D eigenvalue weighted by Gasteiger charge is 2.20. The molecule has 1 aromatic heterocycles. The SMILES string of the molecule is Cc1nnc(Cc2ccccc2)n1C1CCNCC1. The van der Waals surface area contributed by atoms with Crippen LogP contribution < -0.4 is 5.32 Å². The van der Waals surface area contributed by atoms with Crippen molar-refractivity contribution in [3.63, 3.8) is 0 Å². The maximum Gasteiger partial charge on any atom is 0.137 e. The molecule has 1 aliphatic heterocycles. The Hall–Kier alpha value is -1.68. The van der Waals surface area contributed by atoms with Crippen molar-refractivity contribution < 1.29 is 0 Å². The molecule has 4 nitrogen and oxygen atoms in total. The maximum absolute atomic E-state index is 4.38. The van der Waals surface area contributed by atoms with E-state index in [0.29, 0.717) is 6.04 Å². The molecule has 0 bridgehead atoms. The summed E-state index contributed by atoms with van der Waals surface area (Å²) in [6.45, 7) is 4.24. The summed E-state index contributed by atoms with van der Waals surface area (Å²) in [7, 11) is 0. The van der Waals surface area contributed by atoms with Crippen LogP contribution in [-0.4, -0.2) is 27.9 Å². The van der Waals surface area contributed by atoms with Gasteiger partial charge < -0.3 is 9.88 Å². The van der Waals surface area contributed by atoms with Crippen molar-refractivity contribution in [1.29, 1.82) is 0 Å². The van der Waals surface area contributed by atoms with Crippen molar-refractivity contribution in [2.24, 2.45) is 0 Å². The molecule has 19 heavy (non-hydrogen) atoms. The maximum atomic E-state index is 4.38. The van der Waals surface area contributed by atoms with Crippen molar-refractivity contribution in [1.82, 2.24) is 20.1 Å². The summed E-state index contributed by atoms with van der Waals surface area (Å²) >= 11 is 0. The fourth-order valence-corrected chi connectivity index (χ4v) is 2.85.